The summed E-state index contributed by atoms with van der Waals surface area (Å²) in [6.45, 7) is 2.62. The van der Waals surface area contributed by atoms with Crippen LogP contribution in [0.1, 0.15) is 25.6 Å². The number of benzene rings is 2. The Hall–Kier alpha value is -2.72. The Labute approximate surface area is 144 Å². The van der Waals surface area contributed by atoms with Gasteiger partial charge in [0.25, 0.3) is 0 Å². The molecule has 144 valence electrons. The van der Waals surface area contributed by atoms with E-state index in [0.717, 1.165) is 0 Å². The highest BCUT2D eigenvalue weighted by molar-refractivity contribution is 5.80. The molecule has 1 heterocycles. The summed E-state index contributed by atoms with van der Waals surface area (Å²) in [4.78, 5) is 3.48. The minimum atomic E-state index is -2.48. The van der Waals surface area contributed by atoms with Crippen LogP contribution in [-0.4, -0.2) is 9.55 Å². The number of nitrogens with zero attached hydrogens (tertiary/aromatic N) is 2. The van der Waals surface area contributed by atoms with Crippen LogP contribution in [-0.2, 0) is 0 Å². The van der Waals surface area contributed by atoms with Crippen LogP contribution in [0.4, 0.5) is 39.5 Å². The normalized spacial score (nSPS) is 11.9. The SMILES string of the molecule is CC(C)c1nc2c(F)c(F)c(F)c(F)c2n1-c1c(F)c(F)c(F)c(F)c1F. The van der Waals surface area contributed by atoms with Gasteiger partial charge < -0.3 is 0 Å². The maximum atomic E-state index is 14.3. The molecule has 2 aromatic carbocycles. The van der Waals surface area contributed by atoms with Gasteiger partial charge in [-0.15, -0.1) is 0 Å². The molecule has 2 nitrogen and oxygen atoms in total. The third-order valence-corrected chi connectivity index (χ3v) is 3.82. The molecular formula is C16H7F9N2. The van der Waals surface area contributed by atoms with Crippen LogP contribution in [0.5, 0.6) is 0 Å². The molecule has 0 saturated carbocycles. The lowest BCUT2D eigenvalue weighted by atomic mass is 10.2. The fraction of sp³-hybridized carbons (Fsp3) is 0.188. The first-order chi connectivity index (χ1) is 12.5. The first-order valence-corrected chi connectivity index (χ1v) is 7.26. The monoisotopic (exact) mass is 398 g/mol. The average Bonchev–Trinajstić information content (AvgIpc) is 3.02. The van der Waals surface area contributed by atoms with Gasteiger partial charge >= 0.3 is 0 Å². The summed E-state index contributed by atoms with van der Waals surface area (Å²) in [5, 5.41) is 0. The summed E-state index contributed by atoms with van der Waals surface area (Å²) in [6.07, 6.45) is 0. The van der Waals surface area contributed by atoms with E-state index in [-0.39, 0.29) is 4.57 Å². The fourth-order valence-electron chi connectivity index (χ4n) is 2.60. The summed E-state index contributed by atoms with van der Waals surface area (Å²) in [5.74, 6) is -22.1. The van der Waals surface area contributed by atoms with Crippen LogP contribution >= 0.6 is 0 Å². The molecule has 0 spiro atoms. The molecule has 0 radical (unpaired) electrons. The van der Waals surface area contributed by atoms with Gasteiger partial charge in [-0.2, -0.15) is 0 Å². The Balaban J connectivity index is 2.63. The number of fused-ring (bicyclic) bond motifs is 1. The highest BCUT2D eigenvalue weighted by Gasteiger charge is 2.33. The lowest BCUT2D eigenvalue weighted by Gasteiger charge is -2.15. The Morgan fingerprint density at radius 1 is 0.593 bits per heavy atom. The molecule has 0 aliphatic rings. The first-order valence-electron chi connectivity index (χ1n) is 7.26. The topological polar surface area (TPSA) is 17.8 Å². The molecule has 1 aromatic heterocycles. The van der Waals surface area contributed by atoms with Crippen molar-refractivity contribution < 1.29 is 39.5 Å². The fourth-order valence-corrected chi connectivity index (χ4v) is 2.60. The lowest BCUT2D eigenvalue weighted by Crippen LogP contribution is -2.13. The molecule has 0 aliphatic carbocycles. The largest absolute Gasteiger partial charge is 0.287 e. The second-order valence-electron chi connectivity index (χ2n) is 5.83. The molecule has 0 amide bonds. The molecule has 0 bridgehead atoms. The Bertz CT molecular complexity index is 1070. The molecule has 0 unspecified atom stereocenters. The van der Waals surface area contributed by atoms with E-state index < -0.39 is 80.8 Å². The number of imidazole rings is 1. The molecule has 0 saturated heterocycles. The van der Waals surface area contributed by atoms with Crippen LogP contribution in [0.3, 0.4) is 0 Å². The Morgan fingerprint density at radius 3 is 1.48 bits per heavy atom. The van der Waals surface area contributed by atoms with Crippen molar-refractivity contribution in [2.75, 3.05) is 0 Å². The van der Waals surface area contributed by atoms with Crippen molar-refractivity contribution in [3.05, 3.63) is 58.2 Å². The van der Waals surface area contributed by atoms with E-state index in [1.807, 2.05) is 0 Å². The van der Waals surface area contributed by atoms with E-state index in [9.17, 15) is 39.5 Å². The van der Waals surface area contributed by atoms with Gasteiger partial charge in [0.1, 0.15) is 22.5 Å². The second-order valence-corrected chi connectivity index (χ2v) is 5.83. The Kier molecular flexibility index (Phi) is 4.35. The van der Waals surface area contributed by atoms with Gasteiger partial charge in [-0.05, 0) is 0 Å². The van der Waals surface area contributed by atoms with E-state index in [4.69, 9.17) is 0 Å². The molecule has 3 rings (SSSR count). The van der Waals surface area contributed by atoms with Gasteiger partial charge in [0.2, 0.25) is 5.82 Å². The van der Waals surface area contributed by atoms with Crippen LogP contribution in [0.2, 0.25) is 0 Å². The molecule has 0 fully saturated rings. The minimum Gasteiger partial charge on any atom is -0.287 e. The minimum absolute atomic E-state index is 0.0528. The molecular weight excluding hydrogens is 391 g/mol. The van der Waals surface area contributed by atoms with Crippen molar-refractivity contribution in [3.63, 3.8) is 0 Å². The van der Waals surface area contributed by atoms with Gasteiger partial charge in [0, 0.05) is 5.92 Å². The standard InChI is InChI=1S/C16H7F9N2/c1-3(2)16-26-13-9(22)5(18)8(21)12(25)15(13)27(16)14-10(23)6(19)4(17)7(20)11(14)24/h3H,1-2H3. The number of hydrogen-bond acceptors (Lipinski definition) is 1. The van der Waals surface area contributed by atoms with E-state index in [1.165, 1.54) is 13.8 Å². The predicted molar refractivity (Wildman–Crippen MR) is 74.8 cm³/mol. The smallest absolute Gasteiger partial charge is 0.200 e. The molecule has 0 aliphatic heterocycles. The second kappa shape index (κ2) is 6.17. The molecule has 27 heavy (non-hydrogen) atoms. The number of halogens is 9. The van der Waals surface area contributed by atoms with Crippen LogP contribution < -0.4 is 0 Å². The molecule has 0 N–H and O–H groups in total. The van der Waals surface area contributed by atoms with Crippen molar-refractivity contribution in [1.82, 2.24) is 9.55 Å². The van der Waals surface area contributed by atoms with Crippen molar-refractivity contribution in [2.45, 2.75) is 19.8 Å². The predicted octanol–water partition coefficient (Wildman–Crippen LogP) is 5.40. The average molecular weight is 398 g/mol. The lowest BCUT2D eigenvalue weighted by molar-refractivity contribution is 0.375. The summed E-state index contributed by atoms with van der Waals surface area (Å²) >= 11 is 0. The van der Waals surface area contributed by atoms with Crippen molar-refractivity contribution in [3.8, 4) is 5.69 Å². The zero-order valence-electron chi connectivity index (χ0n) is 13.4. The van der Waals surface area contributed by atoms with Gasteiger partial charge in [0.15, 0.2) is 46.5 Å². The first kappa shape index (κ1) is 19.1. The third kappa shape index (κ3) is 2.47. The van der Waals surface area contributed by atoms with E-state index in [2.05, 4.69) is 4.98 Å². The van der Waals surface area contributed by atoms with E-state index >= 15 is 0 Å². The van der Waals surface area contributed by atoms with Crippen LogP contribution in [0, 0.1) is 52.4 Å². The molecule has 0 atom stereocenters. The van der Waals surface area contributed by atoms with Crippen molar-refractivity contribution >= 4 is 11.0 Å². The highest BCUT2D eigenvalue weighted by Crippen LogP contribution is 2.35. The van der Waals surface area contributed by atoms with Crippen molar-refractivity contribution in [2.24, 2.45) is 0 Å². The highest BCUT2D eigenvalue weighted by atomic mass is 19.2. The van der Waals surface area contributed by atoms with E-state index in [0.29, 0.717) is 0 Å². The Morgan fingerprint density at radius 2 is 1.00 bits per heavy atom. The summed E-state index contributed by atoms with van der Waals surface area (Å²) in [5.41, 5.74) is -4.17. The van der Waals surface area contributed by atoms with Gasteiger partial charge in [-0.1, -0.05) is 13.8 Å². The quantitative estimate of drug-likeness (QED) is 0.321. The summed E-state index contributed by atoms with van der Waals surface area (Å²) in [7, 11) is 0. The van der Waals surface area contributed by atoms with Gasteiger partial charge in [-0.25, -0.2) is 44.5 Å². The summed E-state index contributed by atoms with van der Waals surface area (Å²) < 4.78 is 124. The van der Waals surface area contributed by atoms with Gasteiger partial charge in [0.05, 0.1) is 0 Å². The molecule has 11 heteroatoms. The van der Waals surface area contributed by atoms with Crippen LogP contribution in [0.25, 0.3) is 16.7 Å². The summed E-state index contributed by atoms with van der Waals surface area (Å²) in [6, 6.07) is 0. The number of aromatic nitrogens is 2. The maximum Gasteiger partial charge on any atom is 0.200 e. The third-order valence-electron chi connectivity index (χ3n) is 3.82. The van der Waals surface area contributed by atoms with E-state index in [1.54, 1.807) is 0 Å². The number of rotatable bonds is 2. The van der Waals surface area contributed by atoms with Crippen LogP contribution in [0.15, 0.2) is 0 Å². The zero-order valence-corrected chi connectivity index (χ0v) is 13.4. The maximum absolute atomic E-state index is 14.3. The number of hydrogen-bond donors (Lipinski definition) is 0. The molecule has 3 aromatic rings. The van der Waals surface area contributed by atoms with Crippen molar-refractivity contribution in [1.29, 1.82) is 0 Å². The van der Waals surface area contributed by atoms with Gasteiger partial charge in [-0.3, -0.25) is 4.57 Å². The zero-order chi connectivity index (χ0) is 20.4.